The minimum absolute atomic E-state index is 0.706. The second-order valence-corrected chi connectivity index (χ2v) is 14.2. The molecule has 3 aromatic heterocycles. The molecule has 0 saturated heterocycles. The van der Waals surface area contributed by atoms with Gasteiger partial charge >= 0.3 is 0 Å². The lowest BCUT2D eigenvalue weighted by molar-refractivity contribution is 0.483. The van der Waals surface area contributed by atoms with Gasteiger partial charge in [0.1, 0.15) is 24.0 Å². The Bertz CT molecular complexity index is 3070. The van der Waals surface area contributed by atoms with E-state index in [9.17, 15) is 0 Å². The van der Waals surface area contributed by atoms with E-state index in [1.807, 2.05) is 12.3 Å². The molecule has 4 heterocycles. The van der Waals surface area contributed by atoms with E-state index >= 15 is 0 Å². The molecule has 0 bridgehead atoms. The zero-order valence-electron chi connectivity index (χ0n) is 30.2. The second-order valence-electron chi connectivity index (χ2n) is 14.2. The Hall–Kier alpha value is -7.31. The molecule has 0 aliphatic carbocycles. The van der Waals surface area contributed by atoms with E-state index in [1.54, 1.807) is 0 Å². The summed E-state index contributed by atoms with van der Waals surface area (Å²) in [5, 5.41) is 4.66. The van der Waals surface area contributed by atoms with Gasteiger partial charge in [-0.1, -0.05) is 91.0 Å². The van der Waals surface area contributed by atoms with E-state index in [0.29, 0.717) is 6.67 Å². The van der Waals surface area contributed by atoms with Gasteiger partial charge in [-0.25, -0.2) is 4.98 Å². The first-order valence-corrected chi connectivity index (χ1v) is 18.6. The molecule has 0 amide bonds. The summed E-state index contributed by atoms with van der Waals surface area (Å²) in [4.78, 5) is 9.80. The fraction of sp³-hybridized carbons (Fsp3) is 0.0408. The van der Waals surface area contributed by atoms with Crippen LogP contribution >= 0.6 is 0 Å². The van der Waals surface area contributed by atoms with Gasteiger partial charge in [0.05, 0.1) is 27.9 Å². The topological polar surface area (TPSA) is 38.5 Å². The first-order chi connectivity index (χ1) is 27.2. The molecule has 10 aromatic rings. The third kappa shape index (κ3) is 5.06. The number of rotatable bonds is 6. The number of hydrogen-bond acceptors (Lipinski definition) is 4. The van der Waals surface area contributed by atoms with E-state index in [-0.39, 0.29) is 0 Å². The van der Waals surface area contributed by atoms with Crippen LogP contribution in [0, 0.1) is 0 Å². The van der Waals surface area contributed by atoms with Crippen molar-refractivity contribution in [1.82, 2.24) is 14.1 Å². The molecule has 0 radical (unpaired) electrons. The van der Waals surface area contributed by atoms with Gasteiger partial charge in [0.25, 0.3) is 0 Å². The number of anilines is 4. The predicted octanol–water partition coefficient (Wildman–Crippen LogP) is 12.5. The summed E-state index contributed by atoms with van der Waals surface area (Å²) in [6.45, 7) is 0.706. The lowest BCUT2D eigenvalue weighted by Crippen LogP contribution is -2.23. The lowest BCUT2D eigenvalue weighted by atomic mass is 10.0. The van der Waals surface area contributed by atoms with E-state index in [1.165, 1.54) is 44.5 Å². The largest absolute Gasteiger partial charge is 0.457 e. The summed E-state index contributed by atoms with van der Waals surface area (Å²) >= 11 is 0. The van der Waals surface area contributed by atoms with E-state index in [0.717, 1.165) is 50.3 Å². The van der Waals surface area contributed by atoms with Crippen molar-refractivity contribution in [3.05, 3.63) is 182 Å². The highest BCUT2D eigenvalue weighted by Crippen LogP contribution is 2.45. The Kier molecular flexibility index (Phi) is 7.04. The van der Waals surface area contributed by atoms with Gasteiger partial charge < -0.3 is 19.1 Å². The van der Waals surface area contributed by atoms with Crippen molar-refractivity contribution < 1.29 is 4.74 Å². The Morgan fingerprint density at radius 3 is 1.98 bits per heavy atom. The van der Waals surface area contributed by atoms with Crippen molar-refractivity contribution in [3.63, 3.8) is 0 Å². The van der Waals surface area contributed by atoms with Crippen LogP contribution in [0.1, 0.15) is 0 Å². The average Bonchev–Trinajstić information content (AvgIpc) is 3.89. The fourth-order valence-corrected chi connectivity index (χ4v) is 8.40. The van der Waals surface area contributed by atoms with Crippen molar-refractivity contribution >= 4 is 66.4 Å². The summed E-state index contributed by atoms with van der Waals surface area (Å²) in [5.41, 5.74) is 11.4. The standard InChI is InChI=1S/C49H35N5O/c1-51-43-20-9-8-19-39(43)42-31-50-49(30-47(42)51)54-44-26-23-34(33-13-4-2-5-14-33)27-41(44)40-25-24-38(29-48(40)54)55-37-18-12-17-36(28-37)53-32-52(35-15-6-3-7-16-35)45-21-10-11-22-46(45)53/h2-31H,32H2,1H3. The van der Waals surface area contributed by atoms with E-state index in [4.69, 9.17) is 9.72 Å². The van der Waals surface area contributed by atoms with E-state index < -0.39 is 0 Å². The maximum Gasteiger partial charge on any atom is 0.139 e. The monoisotopic (exact) mass is 709 g/mol. The summed E-state index contributed by atoms with van der Waals surface area (Å²) in [6.07, 6.45) is 2.02. The third-order valence-corrected chi connectivity index (χ3v) is 11.0. The molecule has 0 unspecified atom stereocenters. The molecular weight excluding hydrogens is 675 g/mol. The van der Waals surface area contributed by atoms with Gasteiger partial charge in [0.15, 0.2) is 0 Å². The summed E-state index contributed by atoms with van der Waals surface area (Å²) in [6, 6.07) is 62.0. The highest BCUT2D eigenvalue weighted by Gasteiger charge is 2.28. The van der Waals surface area contributed by atoms with Gasteiger partial charge in [0.2, 0.25) is 0 Å². The van der Waals surface area contributed by atoms with Crippen LogP contribution in [0.5, 0.6) is 11.5 Å². The third-order valence-electron chi connectivity index (χ3n) is 11.0. The SMILES string of the molecule is Cn1c2ccccc2c2cnc(-n3c4ccc(-c5ccccc5)cc4c4ccc(Oc5cccc(N6CN(c7ccccc7)c7ccccc76)c5)cc43)cc21. The summed E-state index contributed by atoms with van der Waals surface area (Å²) in [7, 11) is 2.13. The Labute approximate surface area is 318 Å². The van der Waals surface area contributed by atoms with Crippen LogP contribution < -0.4 is 14.5 Å². The van der Waals surface area contributed by atoms with Gasteiger partial charge in [-0.2, -0.15) is 0 Å². The van der Waals surface area contributed by atoms with Gasteiger partial charge in [-0.15, -0.1) is 0 Å². The molecule has 55 heavy (non-hydrogen) atoms. The maximum atomic E-state index is 6.72. The number of para-hydroxylation sites is 4. The number of ether oxygens (including phenoxy) is 1. The number of aryl methyl sites for hydroxylation is 1. The van der Waals surface area contributed by atoms with Crippen molar-refractivity contribution in [2.45, 2.75) is 0 Å². The number of hydrogen-bond donors (Lipinski definition) is 0. The molecule has 11 rings (SSSR count). The molecule has 0 fully saturated rings. The van der Waals surface area contributed by atoms with Crippen LogP contribution in [0.15, 0.2) is 182 Å². The number of benzene rings is 7. The molecule has 1 aliphatic rings. The molecule has 0 saturated carbocycles. The smallest absolute Gasteiger partial charge is 0.139 e. The Morgan fingerprint density at radius 1 is 0.455 bits per heavy atom. The number of nitrogens with zero attached hydrogens (tertiary/aromatic N) is 5. The van der Waals surface area contributed by atoms with Crippen LogP contribution in [-0.2, 0) is 7.05 Å². The maximum absolute atomic E-state index is 6.72. The van der Waals surface area contributed by atoms with Crippen LogP contribution in [0.4, 0.5) is 22.7 Å². The molecule has 0 spiro atoms. The molecule has 0 atom stereocenters. The fourth-order valence-electron chi connectivity index (χ4n) is 8.40. The minimum atomic E-state index is 0.706. The molecule has 7 aromatic carbocycles. The zero-order valence-corrected chi connectivity index (χ0v) is 30.2. The summed E-state index contributed by atoms with van der Waals surface area (Å²) < 4.78 is 11.3. The highest BCUT2D eigenvalue weighted by atomic mass is 16.5. The van der Waals surface area contributed by atoms with Crippen molar-refractivity contribution in [1.29, 1.82) is 0 Å². The van der Waals surface area contributed by atoms with Crippen LogP contribution in [0.3, 0.4) is 0 Å². The Balaban J connectivity index is 1.02. The van der Waals surface area contributed by atoms with Gasteiger partial charge in [-0.3, -0.25) is 4.57 Å². The highest BCUT2D eigenvalue weighted by molar-refractivity contribution is 6.12. The molecule has 1 aliphatic heterocycles. The molecular formula is C49H35N5O. The van der Waals surface area contributed by atoms with Crippen LogP contribution in [0.2, 0.25) is 0 Å². The molecule has 6 nitrogen and oxygen atoms in total. The first-order valence-electron chi connectivity index (χ1n) is 18.6. The first kappa shape index (κ1) is 31.2. The van der Waals surface area contributed by atoms with E-state index in [2.05, 4.69) is 196 Å². The van der Waals surface area contributed by atoms with Crippen molar-refractivity contribution in [2.24, 2.45) is 7.05 Å². The normalized spacial score (nSPS) is 12.7. The lowest BCUT2D eigenvalue weighted by Gasteiger charge is -2.22. The molecule has 0 N–H and O–H groups in total. The number of pyridine rings is 1. The molecule has 6 heteroatoms. The van der Waals surface area contributed by atoms with Crippen LogP contribution in [-0.4, -0.2) is 20.8 Å². The minimum Gasteiger partial charge on any atom is -0.457 e. The van der Waals surface area contributed by atoms with Crippen LogP contribution in [0.25, 0.3) is 60.6 Å². The quantitative estimate of drug-likeness (QED) is 0.172. The molecule has 262 valence electrons. The summed E-state index contributed by atoms with van der Waals surface area (Å²) in [5.74, 6) is 2.40. The second kappa shape index (κ2) is 12.4. The van der Waals surface area contributed by atoms with Crippen molar-refractivity contribution in [2.75, 3.05) is 16.5 Å². The van der Waals surface area contributed by atoms with Gasteiger partial charge in [0, 0.05) is 69.9 Å². The predicted molar refractivity (Wildman–Crippen MR) is 227 cm³/mol. The zero-order chi connectivity index (χ0) is 36.5. The van der Waals surface area contributed by atoms with Gasteiger partial charge in [-0.05, 0) is 77.9 Å². The number of fused-ring (bicyclic) bond motifs is 7. The Morgan fingerprint density at radius 2 is 1.15 bits per heavy atom. The van der Waals surface area contributed by atoms with Crippen molar-refractivity contribution in [3.8, 4) is 28.4 Å². The number of aromatic nitrogens is 3. The average molecular weight is 710 g/mol.